The van der Waals surface area contributed by atoms with Crippen LogP contribution >= 0.6 is 0 Å². The van der Waals surface area contributed by atoms with Gasteiger partial charge in [-0.1, -0.05) is 140 Å². The Labute approximate surface area is 293 Å². The van der Waals surface area contributed by atoms with Gasteiger partial charge in [-0.25, -0.2) is 15.0 Å². The topological polar surface area (TPSA) is 64.7 Å². The summed E-state index contributed by atoms with van der Waals surface area (Å²) < 4.78 is 6.15. The van der Waals surface area contributed by atoms with E-state index in [2.05, 4.69) is 84.9 Å². The molecule has 0 N–H and O–H groups in total. The minimum absolute atomic E-state index is 0.612. The van der Waals surface area contributed by atoms with Crippen molar-refractivity contribution >= 4 is 43.5 Å². The maximum atomic E-state index is 6.15. The second-order valence-corrected chi connectivity index (χ2v) is 12.7. The van der Waals surface area contributed by atoms with Crippen LogP contribution in [0.25, 0.3) is 100 Å². The van der Waals surface area contributed by atoms with Gasteiger partial charge in [0.1, 0.15) is 5.58 Å². The first kappa shape index (κ1) is 29.0. The molecule has 51 heavy (non-hydrogen) atoms. The average molecular weight is 653 g/mol. The minimum atomic E-state index is 0.612. The van der Waals surface area contributed by atoms with Crippen molar-refractivity contribution in [1.82, 2.24) is 19.9 Å². The molecule has 10 aromatic rings. The summed E-state index contributed by atoms with van der Waals surface area (Å²) in [5.74, 6) is 1.87. The lowest BCUT2D eigenvalue weighted by Gasteiger charge is -2.17. The number of furan rings is 1. The predicted octanol–water partition coefficient (Wildman–Crippen LogP) is 11.8. The number of fused-ring (bicyclic) bond motifs is 5. The number of benzene rings is 7. The number of para-hydroxylation sites is 1. The highest BCUT2D eigenvalue weighted by Crippen LogP contribution is 2.43. The zero-order valence-corrected chi connectivity index (χ0v) is 27.4. The Morgan fingerprint density at radius 1 is 0.373 bits per heavy atom. The molecule has 0 saturated carbocycles. The second kappa shape index (κ2) is 11.9. The molecule has 0 amide bonds. The van der Waals surface area contributed by atoms with Gasteiger partial charge in [0, 0.05) is 33.0 Å². The molecule has 0 radical (unpaired) electrons. The summed E-state index contributed by atoms with van der Waals surface area (Å²) in [6.45, 7) is 0. The Morgan fingerprint density at radius 3 is 1.69 bits per heavy atom. The molecule has 0 atom stereocenters. The van der Waals surface area contributed by atoms with Crippen molar-refractivity contribution in [3.8, 4) is 56.5 Å². The fraction of sp³-hybridized carbons (Fsp3) is 0. The van der Waals surface area contributed by atoms with Gasteiger partial charge in [-0.3, -0.25) is 4.98 Å². The number of rotatable bonds is 5. The summed E-state index contributed by atoms with van der Waals surface area (Å²) >= 11 is 0. The molecule has 7 aromatic carbocycles. The van der Waals surface area contributed by atoms with Crippen molar-refractivity contribution in [3.05, 3.63) is 170 Å². The zero-order valence-electron chi connectivity index (χ0n) is 27.4. The van der Waals surface area contributed by atoms with Crippen LogP contribution in [0.3, 0.4) is 0 Å². The van der Waals surface area contributed by atoms with Crippen LogP contribution in [0.15, 0.2) is 174 Å². The predicted molar refractivity (Wildman–Crippen MR) is 207 cm³/mol. The summed E-state index contributed by atoms with van der Waals surface area (Å²) in [6.07, 6.45) is 1.85. The number of hydrogen-bond donors (Lipinski definition) is 0. The summed E-state index contributed by atoms with van der Waals surface area (Å²) in [5, 5.41) is 6.63. The van der Waals surface area contributed by atoms with Crippen molar-refractivity contribution < 1.29 is 4.42 Å². The van der Waals surface area contributed by atoms with E-state index < -0.39 is 0 Å². The largest absolute Gasteiger partial charge is 0.454 e. The SMILES string of the molecule is c1ccc(-c2nc(-c3ccccc3)nc(-c3cc(-c4c(-c5cc6c(cn5)oc5ccccc56)ccc5ccccc45)c4ccccc4c3)n2)cc1. The monoisotopic (exact) mass is 652 g/mol. The van der Waals surface area contributed by atoms with Crippen LogP contribution in [0.1, 0.15) is 0 Å². The second-order valence-electron chi connectivity index (χ2n) is 12.7. The number of aromatic nitrogens is 4. The molecule has 0 aliphatic carbocycles. The quantitative estimate of drug-likeness (QED) is 0.185. The molecule has 3 aromatic heterocycles. The molecule has 10 rings (SSSR count). The van der Waals surface area contributed by atoms with Gasteiger partial charge in [0.05, 0.1) is 11.9 Å². The van der Waals surface area contributed by atoms with Crippen molar-refractivity contribution in [3.63, 3.8) is 0 Å². The van der Waals surface area contributed by atoms with Crippen LogP contribution in [0.4, 0.5) is 0 Å². The lowest BCUT2D eigenvalue weighted by Crippen LogP contribution is -2.00. The van der Waals surface area contributed by atoms with Crippen LogP contribution in [-0.2, 0) is 0 Å². The van der Waals surface area contributed by atoms with Gasteiger partial charge in [-0.15, -0.1) is 0 Å². The fourth-order valence-corrected chi connectivity index (χ4v) is 7.14. The average Bonchev–Trinajstić information content (AvgIpc) is 3.58. The van der Waals surface area contributed by atoms with E-state index in [4.69, 9.17) is 24.4 Å². The highest BCUT2D eigenvalue weighted by atomic mass is 16.3. The Balaban J connectivity index is 1.25. The molecule has 5 nitrogen and oxygen atoms in total. The standard InChI is InChI=1S/C46H28N4O/c1-3-14-30(15-4-1)44-48-45(31-16-5-2-6-17-31)50-46(49-44)33-25-32-18-8-9-19-34(32)39(26-33)43-35-20-10-7-13-29(35)23-24-37(43)40-27-38-36-21-11-12-22-41(36)51-42(38)28-47-40/h1-28H. The van der Waals surface area contributed by atoms with E-state index in [1.54, 1.807) is 0 Å². The Bertz CT molecular complexity index is 2860. The minimum Gasteiger partial charge on any atom is -0.454 e. The maximum absolute atomic E-state index is 6.15. The Morgan fingerprint density at radius 2 is 0.961 bits per heavy atom. The van der Waals surface area contributed by atoms with E-state index in [-0.39, 0.29) is 0 Å². The first-order valence-electron chi connectivity index (χ1n) is 17.0. The van der Waals surface area contributed by atoms with E-state index in [1.165, 1.54) is 0 Å². The molecular formula is C46H28N4O. The molecule has 0 unspecified atom stereocenters. The molecule has 0 aliphatic heterocycles. The first-order chi connectivity index (χ1) is 25.3. The van der Waals surface area contributed by atoms with Crippen LogP contribution in [0, 0.1) is 0 Å². The van der Waals surface area contributed by atoms with Crippen LogP contribution < -0.4 is 0 Å². The van der Waals surface area contributed by atoms with E-state index in [0.717, 1.165) is 82.6 Å². The number of pyridine rings is 1. The summed E-state index contributed by atoms with van der Waals surface area (Å²) in [7, 11) is 0. The summed E-state index contributed by atoms with van der Waals surface area (Å²) in [4.78, 5) is 20.1. The fourth-order valence-electron chi connectivity index (χ4n) is 7.14. The van der Waals surface area contributed by atoms with E-state index in [1.807, 2.05) is 85.1 Å². The molecular weight excluding hydrogens is 625 g/mol. The van der Waals surface area contributed by atoms with E-state index >= 15 is 0 Å². The number of hydrogen-bond acceptors (Lipinski definition) is 5. The molecule has 238 valence electrons. The Hall–Kier alpha value is -6.98. The Kier molecular flexibility index (Phi) is 6.74. The van der Waals surface area contributed by atoms with Crippen molar-refractivity contribution in [2.45, 2.75) is 0 Å². The normalized spacial score (nSPS) is 11.5. The van der Waals surface area contributed by atoms with Gasteiger partial charge < -0.3 is 4.42 Å². The van der Waals surface area contributed by atoms with Gasteiger partial charge in [0.15, 0.2) is 23.1 Å². The third-order valence-corrected chi connectivity index (χ3v) is 9.56. The van der Waals surface area contributed by atoms with Gasteiger partial charge >= 0.3 is 0 Å². The van der Waals surface area contributed by atoms with Gasteiger partial charge in [-0.05, 0) is 56.9 Å². The highest BCUT2D eigenvalue weighted by Gasteiger charge is 2.20. The van der Waals surface area contributed by atoms with E-state index in [0.29, 0.717) is 17.5 Å². The van der Waals surface area contributed by atoms with Gasteiger partial charge in [-0.2, -0.15) is 0 Å². The summed E-state index contributed by atoms with van der Waals surface area (Å²) in [6, 6.07) is 56.4. The van der Waals surface area contributed by atoms with Gasteiger partial charge in [0.25, 0.3) is 0 Å². The first-order valence-corrected chi connectivity index (χ1v) is 17.0. The lowest BCUT2D eigenvalue weighted by molar-refractivity contribution is 0.667. The third kappa shape index (κ3) is 5.03. The molecule has 5 heteroatoms. The maximum Gasteiger partial charge on any atom is 0.164 e. The zero-order chi connectivity index (χ0) is 33.7. The van der Waals surface area contributed by atoms with Crippen LogP contribution in [0.5, 0.6) is 0 Å². The molecule has 0 fully saturated rings. The molecule has 0 aliphatic rings. The molecule has 0 saturated heterocycles. The van der Waals surface area contributed by atoms with E-state index in [9.17, 15) is 0 Å². The van der Waals surface area contributed by atoms with Crippen LogP contribution in [0.2, 0.25) is 0 Å². The third-order valence-electron chi connectivity index (χ3n) is 9.56. The summed E-state index contributed by atoms with van der Waals surface area (Å²) in [5.41, 5.74) is 8.49. The molecule has 0 spiro atoms. The number of nitrogens with zero attached hydrogens (tertiary/aromatic N) is 4. The van der Waals surface area contributed by atoms with Crippen molar-refractivity contribution in [1.29, 1.82) is 0 Å². The van der Waals surface area contributed by atoms with Crippen molar-refractivity contribution in [2.75, 3.05) is 0 Å². The molecule has 3 heterocycles. The molecule has 0 bridgehead atoms. The van der Waals surface area contributed by atoms with Crippen LogP contribution in [-0.4, -0.2) is 19.9 Å². The smallest absolute Gasteiger partial charge is 0.164 e. The highest BCUT2D eigenvalue weighted by molar-refractivity contribution is 6.12. The van der Waals surface area contributed by atoms with Gasteiger partial charge in [0.2, 0.25) is 0 Å². The lowest BCUT2D eigenvalue weighted by atomic mass is 9.87. The van der Waals surface area contributed by atoms with Crippen molar-refractivity contribution in [2.24, 2.45) is 0 Å².